The third-order valence-electron chi connectivity index (χ3n) is 5.57. The average Bonchev–Trinajstić information content (AvgIpc) is 2.49. The van der Waals surface area contributed by atoms with Gasteiger partial charge in [-0.2, -0.15) is 0 Å². The van der Waals surface area contributed by atoms with Crippen LogP contribution in [0, 0.1) is 23.7 Å². The first-order chi connectivity index (χ1) is 10.4. The summed E-state index contributed by atoms with van der Waals surface area (Å²) in [4.78, 5) is 16.9. The Balaban J connectivity index is 1.98. The van der Waals surface area contributed by atoms with E-state index in [1.54, 1.807) is 0 Å². The van der Waals surface area contributed by atoms with Crippen LogP contribution in [-0.4, -0.2) is 60.6 Å². The Morgan fingerprint density at radius 3 is 2.50 bits per heavy atom. The van der Waals surface area contributed by atoms with Crippen molar-refractivity contribution < 1.29 is 9.90 Å². The molecule has 1 fully saturated rings. The first-order valence-electron chi connectivity index (χ1n) is 8.67. The molecule has 1 saturated heterocycles. The summed E-state index contributed by atoms with van der Waals surface area (Å²) in [6.45, 7) is 10.5. The van der Waals surface area contributed by atoms with E-state index in [9.17, 15) is 9.90 Å². The smallest absolute Gasteiger partial charge is 0.223 e. The van der Waals surface area contributed by atoms with Gasteiger partial charge in [-0.25, -0.2) is 0 Å². The van der Waals surface area contributed by atoms with Crippen molar-refractivity contribution in [1.82, 2.24) is 9.80 Å². The summed E-state index contributed by atoms with van der Waals surface area (Å²) < 4.78 is 0. The van der Waals surface area contributed by atoms with Gasteiger partial charge in [-0.05, 0) is 38.1 Å². The molecule has 1 N–H and O–H groups in total. The summed E-state index contributed by atoms with van der Waals surface area (Å²) in [7, 11) is 2.11. The highest BCUT2D eigenvalue weighted by Gasteiger charge is 2.33. The molecule has 0 bridgehead atoms. The Bertz CT molecular complexity index is 411. The number of hydrogen-bond acceptors (Lipinski definition) is 3. The molecule has 0 saturated carbocycles. The van der Waals surface area contributed by atoms with E-state index in [1.165, 1.54) is 5.57 Å². The van der Waals surface area contributed by atoms with Gasteiger partial charge in [0.25, 0.3) is 0 Å². The molecule has 0 aromatic carbocycles. The first-order valence-corrected chi connectivity index (χ1v) is 8.67. The molecular formula is C18H32N2O2. The summed E-state index contributed by atoms with van der Waals surface area (Å²) in [5, 5.41) is 9.60. The highest BCUT2D eigenvalue weighted by atomic mass is 16.3. The molecule has 0 spiro atoms. The van der Waals surface area contributed by atoms with Crippen molar-refractivity contribution in [3.63, 3.8) is 0 Å². The van der Waals surface area contributed by atoms with Crippen molar-refractivity contribution in [2.45, 2.75) is 33.6 Å². The number of piperazine rings is 1. The molecule has 1 amide bonds. The molecule has 2 aliphatic rings. The van der Waals surface area contributed by atoms with Gasteiger partial charge in [-0.15, -0.1) is 0 Å². The number of likely N-dealkylation sites (N-methyl/N-ethyl adjacent to an activating group) is 1. The number of nitrogens with zero attached hydrogens (tertiary/aromatic N) is 2. The van der Waals surface area contributed by atoms with E-state index in [0.717, 1.165) is 32.6 Å². The number of hydrogen-bond donors (Lipinski definition) is 1. The van der Waals surface area contributed by atoms with Crippen molar-refractivity contribution in [2.24, 2.45) is 23.7 Å². The second kappa shape index (κ2) is 7.60. The fourth-order valence-corrected chi connectivity index (χ4v) is 3.88. The van der Waals surface area contributed by atoms with Crippen LogP contribution >= 0.6 is 0 Å². The number of allylic oxidation sites excluding steroid dienone is 1. The quantitative estimate of drug-likeness (QED) is 0.808. The topological polar surface area (TPSA) is 43.8 Å². The van der Waals surface area contributed by atoms with E-state index in [2.05, 4.69) is 38.8 Å². The number of carbonyl (C=O) groups is 1. The maximum Gasteiger partial charge on any atom is 0.223 e. The van der Waals surface area contributed by atoms with Gasteiger partial charge < -0.3 is 14.9 Å². The van der Waals surface area contributed by atoms with Gasteiger partial charge in [0.2, 0.25) is 5.91 Å². The van der Waals surface area contributed by atoms with Gasteiger partial charge in [0.1, 0.15) is 0 Å². The normalized spacial score (nSPS) is 30.5. The summed E-state index contributed by atoms with van der Waals surface area (Å²) in [5.74, 6) is 1.94. The first kappa shape index (κ1) is 17.5. The van der Waals surface area contributed by atoms with Gasteiger partial charge in [0.05, 0.1) is 0 Å². The van der Waals surface area contributed by atoms with Crippen molar-refractivity contribution in [1.29, 1.82) is 0 Å². The third-order valence-corrected chi connectivity index (χ3v) is 5.57. The van der Waals surface area contributed by atoms with Crippen LogP contribution in [0.4, 0.5) is 0 Å². The molecule has 4 nitrogen and oxygen atoms in total. The minimum absolute atomic E-state index is 0.222. The summed E-state index contributed by atoms with van der Waals surface area (Å²) in [5.41, 5.74) is 1.29. The van der Waals surface area contributed by atoms with Crippen LogP contribution in [-0.2, 0) is 4.79 Å². The zero-order chi connectivity index (χ0) is 16.3. The molecule has 4 heteroatoms. The Morgan fingerprint density at radius 2 is 1.95 bits per heavy atom. The Morgan fingerprint density at radius 1 is 1.32 bits per heavy atom. The van der Waals surface area contributed by atoms with Gasteiger partial charge in [-0.3, -0.25) is 4.79 Å². The largest absolute Gasteiger partial charge is 0.396 e. The molecule has 22 heavy (non-hydrogen) atoms. The van der Waals surface area contributed by atoms with Crippen LogP contribution in [0.1, 0.15) is 33.6 Å². The number of aliphatic hydroxyl groups is 1. The zero-order valence-electron chi connectivity index (χ0n) is 14.6. The molecule has 1 aliphatic heterocycles. The van der Waals surface area contributed by atoms with Crippen LogP contribution in [0.5, 0.6) is 0 Å². The van der Waals surface area contributed by atoms with E-state index in [0.29, 0.717) is 30.1 Å². The second-order valence-electron chi connectivity index (χ2n) is 7.49. The maximum absolute atomic E-state index is 12.6. The molecule has 2 rings (SSSR count). The minimum atomic E-state index is 0.222. The van der Waals surface area contributed by atoms with Gasteiger partial charge in [0.15, 0.2) is 0 Å². The fourth-order valence-electron chi connectivity index (χ4n) is 3.88. The van der Waals surface area contributed by atoms with Gasteiger partial charge in [0, 0.05) is 45.1 Å². The second-order valence-corrected chi connectivity index (χ2v) is 7.49. The zero-order valence-corrected chi connectivity index (χ0v) is 14.6. The molecule has 1 aliphatic carbocycles. The van der Waals surface area contributed by atoms with E-state index < -0.39 is 0 Å². The van der Waals surface area contributed by atoms with Crippen LogP contribution in [0.25, 0.3) is 0 Å². The summed E-state index contributed by atoms with van der Waals surface area (Å²) in [6.07, 6.45) is 3.88. The highest BCUT2D eigenvalue weighted by Crippen LogP contribution is 2.38. The number of rotatable bonds is 4. The summed E-state index contributed by atoms with van der Waals surface area (Å²) in [6, 6.07) is 0. The predicted molar refractivity (Wildman–Crippen MR) is 89.5 cm³/mol. The standard InChI is InChI=1S/C18H32N2O2/c1-13(2)17-10-15(14(3)9-16(17)12-21)11-18(22)20-7-5-19(4)6-8-20/h9,13,15-17,21H,5-8,10-12H2,1-4H3/t15-,16-,17-/m0/s1. The lowest BCUT2D eigenvalue weighted by Crippen LogP contribution is -2.47. The monoisotopic (exact) mass is 308 g/mol. The predicted octanol–water partition coefficient (Wildman–Crippen LogP) is 2.00. The van der Waals surface area contributed by atoms with Crippen LogP contribution in [0.2, 0.25) is 0 Å². The van der Waals surface area contributed by atoms with Crippen LogP contribution < -0.4 is 0 Å². The molecule has 3 atom stereocenters. The van der Waals surface area contributed by atoms with Gasteiger partial charge in [-0.1, -0.05) is 25.5 Å². The van der Waals surface area contributed by atoms with Crippen molar-refractivity contribution >= 4 is 5.91 Å². The van der Waals surface area contributed by atoms with Crippen molar-refractivity contribution in [3.8, 4) is 0 Å². The fraction of sp³-hybridized carbons (Fsp3) is 0.833. The molecule has 0 aromatic heterocycles. The van der Waals surface area contributed by atoms with Crippen LogP contribution in [0.3, 0.4) is 0 Å². The van der Waals surface area contributed by atoms with Crippen molar-refractivity contribution in [2.75, 3.05) is 39.8 Å². The molecule has 126 valence electrons. The molecule has 0 unspecified atom stereocenters. The Labute approximate surface area is 135 Å². The molecule has 0 radical (unpaired) electrons. The van der Waals surface area contributed by atoms with E-state index in [1.807, 2.05) is 4.90 Å². The number of aliphatic hydroxyl groups excluding tert-OH is 1. The van der Waals surface area contributed by atoms with Crippen LogP contribution in [0.15, 0.2) is 11.6 Å². The Hall–Kier alpha value is -0.870. The lowest BCUT2D eigenvalue weighted by Gasteiger charge is -2.38. The minimum Gasteiger partial charge on any atom is -0.396 e. The molecule has 0 aromatic rings. The van der Waals surface area contributed by atoms with E-state index >= 15 is 0 Å². The average molecular weight is 308 g/mol. The SMILES string of the molecule is CC1=C[C@@H](CO)[C@H](C(C)C)C[C@H]1CC(=O)N1CCN(C)CC1. The third kappa shape index (κ3) is 4.11. The Kier molecular flexibility index (Phi) is 6.04. The lowest BCUT2D eigenvalue weighted by atomic mass is 9.70. The van der Waals surface area contributed by atoms with E-state index in [4.69, 9.17) is 0 Å². The molecule has 1 heterocycles. The lowest BCUT2D eigenvalue weighted by molar-refractivity contribution is -0.133. The summed E-state index contributed by atoms with van der Waals surface area (Å²) >= 11 is 0. The molecular weight excluding hydrogens is 276 g/mol. The van der Waals surface area contributed by atoms with E-state index in [-0.39, 0.29) is 12.5 Å². The van der Waals surface area contributed by atoms with Gasteiger partial charge >= 0.3 is 0 Å². The number of amides is 1. The maximum atomic E-state index is 12.6. The highest BCUT2D eigenvalue weighted by molar-refractivity contribution is 5.77. The number of carbonyl (C=O) groups excluding carboxylic acids is 1. The van der Waals surface area contributed by atoms with Crippen molar-refractivity contribution in [3.05, 3.63) is 11.6 Å².